The largest absolute Gasteiger partial charge is 0.385 e. The van der Waals surface area contributed by atoms with E-state index in [2.05, 4.69) is 64.2 Å². The van der Waals surface area contributed by atoms with Gasteiger partial charge in [-0.15, -0.1) is 0 Å². The van der Waals surface area contributed by atoms with Crippen LogP contribution in [-0.4, -0.2) is 6.54 Å². The van der Waals surface area contributed by atoms with Crippen molar-refractivity contribution in [3.8, 4) is 0 Å². The first-order chi connectivity index (χ1) is 9.86. The lowest BCUT2D eigenvalue weighted by molar-refractivity contribution is 0.153. The lowest BCUT2D eigenvalue weighted by Gasteiger charge is -2.37. The minimum atomic E-state index is 0.491. The van der Waals surface area contributed by atoms with Crippen molar-refractivity contribution < 1.29 is 0 Å². The number of hydrogen-bond acceptors (Lipinski definition) is 1. The number of hydrogen-bond donors (Lipinski definition) is 1. The Bertz CT molecular complexity index is 416. The third-order valence-corrected chi connectivity index (χ3v) is 5.24. The number of nitrogens with one attached hydrogen (secondary N) is 1. The van der Waals surface area contributed by atoms with Crippen LogP contribution in [0.3, 0.4) is 0 Å². The van der Waals surface area contributed by atoms with Crippen LogP contribution in [0.15, 0.2) is 24.3 Å². The van der Waals surface area contributed by atoms with E-state index in [-0.39, 0.29) is 0 Å². The summed E-state index contributed by atoms with van der Waals surface area (Å²) in [7, 11) is 0. The van der Waals surface area contributed by atoms with Gasteiger partial charge < -0.3 is 5.32 Å². The van der Waals surface area contributed by atoms with E-state index in [0.29, 0.717) is 11.3 Å². The molecule has 1 fully saturated rings. The van der Waals surface area contributed by atoms with Crippen LogP contribution in [0.1, 0.15) is 71.8 Å². The molecule has 0 aromatic heterocycles. The van der Waals surface area contributed by atoms with Gasteiger partial charge >= 0.3 is 0 Å². The molecule has 2 rings (SSSR count). The zero-order chi connectivity index (χ0) is 15.5. The van der Waals surface area contributed by atoms with E-state index >= 15 is 0 Å². The molecular formula is C20H33N. The Morgan fingerprint density at radius 2 is 1.57 bits per heavy atom. The maximum Gasteiger partial charge on any atom is 0.0340 e. The van der Waals surface area contributed by atoms with Crippen molar-refractivity contribution >= 4 is 5.69 Å². The molecule has 1 aliphatic rings. The average Bonchev–Trinajstić information content (AvgIpc) is 2.45. The summed E-state index contributed by atoms with van der Waals surface area (Å²) in [6.07, 6.45) is 5.59. The standard InChI is InChI=1S/C20H33N/c1-15(2)17-8-12-19(13-9-17)21-14-16-6-10-18(11-7-16)20(3,4)5/h8-9,12-13,15-16,18,21H,6-7,10-11,14H2,1-5H3. The predicted octanol–water partition coefficient (Wildman–Crippen LogP) is 6.07. The van der Waals surface area contributed by atoms with Crippen LogP contribution < -0.4 is 5.32 Å². The van der Waals surface area contributed by atoms with Crippen molar-refractivity contribution in [3.63, 3.8) is 0 Å². The summed E-state index contributed by atoms with van der Waals surface area (Å²) in [4.78, 5) is 0. The Kier molecular flexibility index (Phi) is 5.35. The van der Waals surface area contributed by atoms with Crippen molar-refractivity contribution in [2.75, 3.05) is 11.9 Å². The fourth-order valence-electron chi connectivity index (χ4n) is 3.48. The second kappa shape index (κ2) is 6.85. The summed E-state index contributed by atoms with van der Waals surface area (Å²) < 4.78 is 0. The third kappa shape index (κ3) is 4.76. The van der Waals surface area contributed by atoms with Crippen molar-refractivity contribution in [1.29, 1.82) is 0 Å². The normalized spacial score (nSPS) is 23.3. The molecule has 1 aromatic rings. The summed E-state index contributed by atoms with van der Waals surface area (Å²) in [6, 6.07) is 8.97. The predicted molar refractivity (Wildman–Crippen MR) is 93.9 cm³/mol. The minimum Gasteiger partial charge on any atom is -0.385 e. The molecule has 0 heterocycles. The topological polar surface area (TPSA) is 12.0 Å². The highest BCUT2D eigenvalue weighted by Gasteiger charge is 2.29. The highest BCUT2D eigenvalue weighted by molar-refractivity contribution is 5.45. The van der Waals surface area contributed by atoms with Crippen LogP contribution in [-0.2, 0) is 0 Å². The van der Waals surface area contributed by atoms with Gasteiger partial charge in [0.15, 0.2) is 0 Å². The number of rotatable bonds is 4. The second-order valence-electron chi connectivity index (χ2n) is 8.24. The van der Waals surface area contributed by atoms with Gasteiger partial charge in [-0.2, -0.15) is 0 Å². The lowest BCUT2D eigenvalue weighted by Crippen LogP contribution is -2.28. The van der Waals surface area contributed by atoms with Crippen LogP contribution in [0.4, 0.5) is 5.69 Å². The summed E-state index contributed by atoms with van der Waals surface area (Å²) >= 11 is 0. The Hall–Kier alpha value is -0.980. The van der Waals surface area contributed by atoms with Crippen LogP contribution in [0, 0.1) is 17.3 Å². The van der Waals surface area contributed by atoms with Gasteiger partial charge in [0, 0.05) is 12.2 Å². The van der Waals surface area contributed by atoms with Crippen molar-refractivity contribution in [2.24, 2.45) is 17.3 Å². The molecule has 1 aromatic carbocycles. The summed E-state index contributed by atoms with van der Waals surface area (Å²) in [5.41, 5.74) is 3.19. The van der Waals surface area contributed by atoms with E-state index in [0.717, 1.165) is 18.4 Å². The Morgan fingerprint density at radius 3 is 2.05 bits per heavy atom. The molecule has 0 radical (unpaired) electrons. The van der Waals surface area contributed by atoms with Gasteiger partial charge in [-0.05, 0) is 66.5 Å². The van der Waals surface area contributed by atoms with Gasteiger partial charge in [-0.3, -0.25) is 0 Å². The molecular weight excluding hydrogens is 254 g/mol. The highest BCUT2D eigenvalue weighted by Crippen LogP contribution is 2.39. The SMILES string of the molecule is CC(C)c1ccc(NCC2CCC(C(C)(C)C)CC2)cc1. The zero-order valence-electron chi connectivity index (χ0n) is 14.6. The molecule has 21 heavy (non-hydrogen) atoms. The molecule has 0 unspecified atom stereocenters. The van der Waals surface area contributed by atoms with Gasteiger partial charge in [-0.1, -0.05) is 46.8 Å². The van der Waals surface area contributed by atoms with E-state index in [1.807, 2.05) is 0 Å². The van der Waals surface area contributed by atoms with E-state index < -0.39 is 0 Å². The first-order valence-electron chi connectivity index (χ1n) is 8.70. The van der Waals surface area contributed by atoms with Crippen LogP contribution in [0.2, 0.25) is 0 Å². The van der Waals surface area contributed by atoms with Gasteiger partial charge in [0.25, 0.3) is 0 Å². The van der Waals surface area contributed by atoms with Crippen LogP contribution >= 0.6 is 0 Å². The zero-order valence-corrected chi connectivity index (χ0v) is 14.6. The molecule has 0 atom stereocenters. The fraction of sp³-hybridized carbons (Fsp3) is 0.700. The molecule has 1 nitrogen and oxygen atoms in total. The van der Waals surface area contributed by atoms with Crippen molar-refractivity contribution in [1.82, 2.24) is 0 Å². The maximum atomic E-state index is 3.63. The van der Waals surface area contributed by atoms with Crippen molar-refractivity contribution in [3.05, 3.63) is 29.8 Å². The Labute approximate surface area is 131 Å². The van der Waals surface area contributed by atoms with E-state index in [1.54, 1.807) is 0 Å². The van der Waals surface area contributed by atoms with Crippen LogP contribution in [0.25, 0.3) is 0 Å². The molecule has 118 valence electrons. The highest BCUT2D eigenvalue weighted by atomic mass is 14.9. The second-order valence-corrected chi connectivity index (χ2v) is 8.24. The molecule has 1 aliphatic carbocycles. The molecule has 0 aliphatic heterocycles. The third-order valence-electron chi connectivity index (χ3n) is 5.24. The van der Waals surface area contributed by atoms with Gasteiger partial charge in [0.05, 0.1) is 0 Å². The van der Waals surface area contributed by atoms with E-state index in [9.17, 15) is 0 Å². The van der Waals surface area contributed by atoms with E-state index in [1.165, 1.54) is 36.9 Å². The smallest absolute Gasteiger partial charge is 0.0340 e. The molecule has 0 saturated heterocycles. The van der Waals surface area contributed by atoms with Gasteiger partial charge in [-0.25, -0.2) is 0 Å². The first kappa shape index (κ1) is 16.4. The summed E-state index contributed by atoms with van der Waals surface area (Å²) in [5.74, 6) is 2.39. The number of benzene rings is 1. The molecule has 0 spiro atoms. The molecule has 1 heteroatoms. The monoisotopic (exact) mass is 287 g/mol. The van der Waals surface area contributed by atoms with Crippen molar-refractivity contribution in [2.45, 2.75) is 66.2 Å². The lowest BCUT2D eigenvalue weighted by atomic mass is 9.70. The molecule has 0 amide bonds. The van der Waals surface area contributed by atoms with Crippen LogP contribution in [0.5, 0.6) is 0 Å². The molecule has 0 bridgehead atoms. The number of anilines is 1. The molecule has 1 saturated carbocycles. The summed E-state index contributed by atoms with van der Waals surface area (Å²) in [5, 5.41) is 3.63. The van der Waals surface area contributed by atoms with E-state index in [4.69, 9.17) is 0 Å². The maximum absolute atomic E-state index is 3.63. The Morgan fingerprint density at radius 1 is 1.00 bits per heavy atom. The van der Waals surface area contributed by atoms with Gasteiger partial charge in [0.2, 0.25) is 0 Å². The molecule has 1 N–H and O–H groups in total. The first-order valence-corrected chi connectivity index (χ1v) is 8.70. The average molecular weight is 287 g/mol. The quantitative estimate of drug-likeness (QED) is 0.708. The summed E-state index contributed by atoms with van der Waals surface area (Å²) in [6.45, 7) is 12.8. The Balaban J connectivity index is 1.77. The fourth-order valence-corrected chi connectivity index (χ4v) is 3.48. The van der Waals surface area contributed by atoms with Gasteiger partial charge in [0.1, 0.15) is 0 Å². The minimum absolute atomic E-state index is 0.491.